The van der Waals surface area contributed by atoms with E-state index >= 15 is 0 Å². The van der Waals surface area contributed by atoms with E-state index in [1.165, 1.54) is 0 Å². The van der Waals surface area contributed by atoms with E-state index in [1.54, 1.807) is 6.07 Å². The molecule has 1 heterocycles. The standard InChI is InChI=1S/C22H24N2O2/c1-13-8-9-14(18(25)10-13)21-20-17(11-22(2,3)12-19(20)26)23-15-6-4-5-7-16(15)24-21/h4-10,21,23-25H,11-12H2,1-3H3/t21-/m0/s1. The number of para-hydroxylation sites is 2. The van der Waals surface area contributed by atoms with E-state index in [9.17, 15) is 9.90 Å². The largest absolute Gasteiger partial charge is 0.508 e. The molecule has 3 N–H and O–H groups in total. The number of Topliss-reactive ketones (excluding diaryl/α,β-unsaturated/α-hetero) is 1. The Labute approximate surface area is 153 Å². The normalized spacial score (nSPS) is 21.2. The highest BCUT2D eigenvalue weighted by Crippen LogP contribution is 2.46. The van der Waals surface area contributed by atoms with Gasteiger partial charge in [0, 0.05) is 23.3 Å². The quantitative estimate of drug-likeness (QED) is 0.684. The molecule has 0 bridgehead atoms. The van der Waals surface area contributed by atoms with Gasteiger partial charge >= 0.3 is 0 Å². The van der Waals surface area contributed by atoms with Crippen LogP contribution in [0, 0.1) is 12.3 Å². The topological polar surface area (TPSA) is 61.4 Å². The average Bonchev–Trinajstić information content (AvgIpc) is 2.69. The zero-order chi connectivity index (χ0) is 18.5. The second-order valence-electron chi connectivity index (χ2n) is 8.14. The van der Waals surface area contributed by atoms with Crippen LogP contribution in [-0.4, -0.2) is 10.9 Å². The monoisotopic (exact) mass is 348 g/mol. The van der Waals surface area contributed by atoms with Gasteiger partial charge in [-0.3, -0.25) is 4.79 Å². The van der Waals surface area contributed by atoms with Crippen LogP contribution in [0.3, 0.4) is 0 Å². The molecular formula is C22H24N2O2. The Hall–Kier alpha value is -2.75. The Bertz CT molecular complexity index is 927. The van der Waals surface area contributed by atoms with Crippen LogP contribution in [0.2, 0.25) is 0 Å². The molecule has 4 nitrogen and oxygen atoms in total. The Morgan fingerprint density at radius 2 is 1.81 bits per heavy atom. The highest BCUT2D eigenvalue weighted by atomic mass is 16.3. The van der Waals surface area contributed by atoms with Gasteiger partial charge in [0.1, 0.15) is 5.75 Å². The zero-order valence-electron chi connectivity index (χ0n) is 15.4. The summed E-state index contributed by atoms with van der Waals surface area (Å²) in [6, 6.07) is 13.2. The van der Waals surface area contributed by atoms with E-state index in [1.807, 2.05) is 43.3 Å². The van der Waals surface area contributed by atoms with Crippen molar-refractivity contribution in [2.24, 2.45) is 5.41 Å². The first-order chi connectivity index (χ1) is 12.3. The molecule has 0 saturated carbocycles. The predicted molar refractivity (Wildman–Crippen MR) is 104 cm³/mol. The number of rotatable bonds is 1. The van der Waals surface area contributed by atoms with Crippen LogP contribution in [0.15, 0.2) is 53.7 Å². The maximum atomic E-state index is 13.1. The Morgan fingerprint density at radius 3 is 2.54 bits per heavy atom. The van der Waals surface area contributed by atoms with E-state index in [2.05, 4.69) is 24.5 Å². The summed E-state index contributed by atoms with van der Waals surface area (Å²) in [5.74, 6) is 0.348. The average molecular weight is 348 g/mol. The third-order valence-corrected chi connectivity index (χ3v) is 5.22. The number of nitrogens with one attached hydrogen (secondary N) is 2. The number of carbonyl (C=O) groups is 1. The SMILES string of the molecule is Cc1ccc([C@@H]2Nc3ccccc3NC3=C2C(=O)CC(C)(C)C3)c(O)c1. The molecule has 4 rings (SSSR count). The molecule has 2 aromatic rings. The first-order valence-corrected chi connectivity index (χ1v) is 9.02. The number of aromatic hydroxyl groups is 1. The van der Waals surface area contributed by atoms with Crippen molar-refractivity contribution in [3.63, 3.8) is 0 Å². The Morgan fingerprint density at radius 1 is 1.08 bits per heavy atom. The zero-order valence-corrected chi connectivity index (χ0v) is 15.4. The lowest BCUT2D eigenvalue weighted by Crippen LogP contribution is -2.31. The Balaban J connectivity index is 1.91. The van der Waals surface area contributed by atoms with E-state index in [0.717, 1.165) is 40.2 Å². The Kier molecular flexibility index (Phi) is 3.79. The fraction of sp³-hybridized carbons (Fsp3) is 0.318. The fourth-order valence-electron chi connectivity index (χ4n) is 4.02. The maximum Gasteiger partial charge on any atom is 0.163 e. The number of ketones is 1. The van der Waals surface area contributed by atoms with E-state index < -0.39 is 0 Å². The number of fused-ring (bicyclic) bond motifs is 1. The van der Waals surface area contributed by atoms with Gasteiger partial charge in [0.05, 0.1) is 17.4 Å². The third-order valence-electron chi connectivity index (χ3n) is 5.22. The van der Waals surface area contributed by atoms with Gasteiger partial charge < -0.3 is 15.7 Å². The highest BCUT2D eigenvalue weighted by molar-refractivity contribution is 6.01. The first-order valence-electron chi connectivity index (χ1n) is 9.02. The number of allylic oxidation sites excluding steroid dienone is 1. The molecule has 0 fully saturated rings. The predicted octanol–water partition coefficient (Wildman–Crippen LogP) is 4.92. The van der Waals surface area contributed by atoms with Crippen molar-refractivity contribution in [2.45, 2.75) is 39.7 Å². The molecule has 1 aliphatic heterocycles. The van der Waals surface area contributed by atoms with Gasteiger partial charge in [-0.25, -0.2) is 0 Å². The van der Waals surface area contributed by atoms with Gasteiger partial charge in [-0.15, -0.1) is 0 Å². The van der Waals surface area contributed by atoms with Gasteiger partial charge in [0.15, 0.2) is 5.78 Å². The van der Waals surface area contributed by atoms with Gasteiger partial charge in [0.2, 0.25) is 0 Å². The second-order valence-corrected chi connectivity index (χ2v) is 8.14. The van der Waals surface area contributed by atoms with Crippen molar-refractivity contribution < 1.29 is 9.90 Å². The van der Waals surface area contributed by atoms with Crippen LogP contribution in [0.1, 0.15) is 43.9 Å². The molecule has 2 aliphatic rings. The molecule has 0 radical (unpaired) electrons. The van der Waals surface area contributed by atoms with Crippen molar-refractivity contribution in [1.29, 1.82) is 0 Å². The molecule has 1 atom stereocenters. The summed E-state index contributed by atoms with van der Waals surface area (Å²) in [5.41, 5.74) is 5.21. The lowest BCUT2D eigenvalue weighted by Gasteiger charge is -2.34. The molecule has 0 amide bonds. The van der Waals surface area contributed by atoms with Crippen molar-refractivity contribution in [3.05, 3.63) is 64.9 Å². The van der Waals surface area contributed by atoms with Crippen molar-refractivity contribution >= 4 is 17.2 Å². The van der Waals surface area contributed by atoms with Crippen LogP contribution in [0.4, 0.5) is 11.4 Å². The summed E-state index contributed by atoms with van der Waals surface area (Å²) < 4.78 is 0. The summed E-state index contributed by atoms with van der Waals surface area (Å²) in [7, 11) is 0. The molecule has 0 spiro atoms. The third kappa shape index (κ3) is 2.85. The van der Waals surface area contributed by atoms with Gasteiger partial charge in [-0.2, -0.15) is 0 Å². The number of aryl methyl sites for hydroxylation is 1. The number of phenolic OH excluding ortho intramolecular Hbond substituents is 1. The summed E-state index contributed by atoms with van der Waals surface area (Å²) in [4.78, 5) is 13.1. The lowest BCUT2D eigenvalue weighted by molar-refractivity contribution is -0.118. The second kappa shape index (κ2) is 5.90. The molecule has 1 aliphatic carbocycles. The molecule has 2 aromatic carbocycles. The smallest absolute Gasteiger partial charge is 0.163 e. The van der Waals surface area contributed by atoms with Crippen LogP contribution >= 0.6 is 0 Å². The summed E-state index contributed by atoms with van der Waals surface area (Å²) >= 11 is 0. The number of carbonyl (C=O) groups excluding carboxylic acids is 1. The minimum atomic E-state index is -0.370. The van der Waals surface area contributed by atoms with E-state index in [0.29, 0.717) is 6.42 Å². The molecule has 134 valence electrons. The molecule has 0 aromatic heterocycles. The molecular weight excluding hydrogens is 324 g/mol. The lowest BCUT2D eigenvalue weighted by atomic mass is 9.73. The summed E-state index contributed by atoms with van der Waals surface area (Å²) in [6.07, 6.45) is 1.31. The summed E-state index contributed by atoms with van der Waals surface area (Å²) in [6.45, 7) is 6.19. The number of phenols is 1. The highest BCUT2D eigenvalue weighted by Gasteiger charge is 2.39. The number of hydrogen-bond acceptors (Lipinski definition) is 4. The minimum Gasteiger partial charge on any atom is -0.508 e. The first kappa shape index (κ1) is 16.7. The molecule has 4 heteroatoms. The van der Waals surface area contributed by atoms with Gasteiger partial charge in [0.25, 0.3) is 0 Å². The molecule has 26 heavy (non-hydrogen) atoms. The fourth-order valence-corrected chi connectivity index (χ4v) is 4.02. The number of benzene rings is 2. The van der Waals surface area contributed by atoms with Crippen LogP contribution in [-0.2, 0) is 4.79 Å². The van der Waals surface area contributed by atoms with Crippen LogP contribution in [0.25, 0.3) is 0 Å². The van der Waals surface area contributed by atoms with Crippen molar-refractivity contribution in [3.8, 4) is 5.75 Å². The number of anilines is 2. The maximum absolute atomic E-state index is 13.1. The van der Waals surface area contributed by atoms with Crippen molar-refractivity contribution in [2.75, 3.05) is 10.6 Å². The minimum absolute atomic E-state index is 0.0813. The summed E-state index contributed by atoms with van der Waals surface area (Å²) in [5, 5.41) is 17.6. The van der Waals surface area contributed by atoms with E-state index in [4.69, 9.17) is 0 Å². The van der Waals surface area contributed by atoms with Crippen LogP contribution < -0.4 is 10.6 Å². The van der Waals surface area contributed by atoms with E-state index in [-0.39, 0.29) is 23.0 Å². The van der Waals surface area contributed by atoms with Crippen LogP contribution in [0.5, 0.6) is 5.75 Å². The number of hydrogen-bond donors (Lipinski definition) is 3. The molecule has 0 saturated heterocycles. The van der Waals surface area contributed by atoms with Crippen molar-refractivity contribution in [1.82, 2.24) is 0 Å². The molecule has 0 unspecified atom stereocenters. The van der Waals surface area contributed by atoms with Gasteiger partial charge in [-0.1, -0.05) is 38.1 Å². The van der Waals surface area contributed by atoms with Gasteiger partial charge in [-0.05, 0) is 42.5 Å².